The highest BCUT2D eigenvalue weighted by atomic mass is 32.2. The number of carbonyl (C=O) groups is 4. The van der Waals surface area contributed by atoms with E-state index >= 15 is 0 Å². The van der Waals surface area contributed by atoms with Crippen LogP contribution >= 0.6 is 47.0 Å². The highest BCUT2D eigenvalue weighted by molar-refractivity contribution is 8.26. The van der Waals surface area contributed by atoms with Crippen molar-refractivity contribution >= 4 is 70.2 Å². The van der Waals surface area contributed by atoms with Crippen molar-refractivity contribution in [2.75, 3.05) is 0 Å². The fourth-order valence-corrected chi connectivity index (χ4v) is 9.29. The summed E-state index contributed by atoms with van der Waals surface area (Å²) in [7, 11) is 0. The second-order valence-corrected chi connectivity index (χ2v) is 11.7. The molecule has 0 amide bonds. The van der Waals surface area contributed by atoms with Crippen LogP contribution in [0.5, 0.6) is 11.5 Å². The number of fused-ring (bicyclic) bond motifs is 2. The molecule has 0 aromatic heterocycles. The van der Waals surface area contributed by atoms with Crippen LogP contribution < -0.4 is 0 Å². The first kappa shape index (κ1) is 20.3. The summed E-state index contributed by atoms with van der Waals surface area (Å²) in [6.45, 7) is 0. The minimum absolute atomic E-state index is 0.0644. The van der Waals surface area contributed by atoms with Crippen LogP contribution in [0.3, 0.4) is 0 Å². The first-order valence-electron chi connectivity index (χ1n) is 9.31. The van der Waals surface area contributed by atoms with E-state index in [1.54, 1.807) is 0 Å². The molecule has 2 saturated carbocycles. The summed E-state index contributed by atoms with van der Waals surface area (Å²) in [5.74, 6) is -0.941. The molecule has 0 atom stereocenters. The van der Waals surface area contributed by atoms with Gasteiger partial charge >= 0.3 is 0 Å². The normalized spacial score (nSPS) is 21.6. The Morgan fingerprint density at radius 3 is 1.03 bits per heavy atom. The molecule has 0 spiro atoms. The molecule has 30 heavy (non-hydrogen) atoms. The van der Waals surface area contributed by atoms with E-state index in [0.717, 1.165) is 47.0 Å². The second kappa shape index (κ2) is 7.51. The van der Waals surface area contributed by atoms with Crippen LogP contribution in [0.25, 0.3) is 0 Å². The minimum atomic E-state index is -0.203. The van der Waals surface area contributed by atoms with Crippen LogP contribution in [0.4, 0.5) is 0 Å². The Hall–Kier alpha value is -1.62. The SMILES string of the molecule is O=C1CCCC(=O)C1=C1Sc2c(O)c3c(c(O)c2S1)SC(=C1C(=O)CCCC1=O)S3. The van der Waals surface area contributed by atoms with E-state index in [-0.39, 0.29) is 45.8 Å². The maximum atomic E-state index is 12.3. The van der Waals surface area contributed by atoms with Gasteiger partial charge in [0.15, 0.2) is 23.1 Å². The molecule has 0 bridgehead atoms. The molecule has 2 N–H and O–H groups in total. The number of rotatable bonds is 0. The van der Waals surface area contributed by atoms with E-state index in [1.165, 1.54) is 0 Å². The molecule has 2 aliphatic heterocycles. The van der Waals surface area contributed by atoms with Gasteiger partial charge in [0.2, 0.25) is 0 Å². The topological polar surface area (TPSA) is 109 Å². The fourth-order valence-electron chi connectivity index (χ4n) is 3.72. The zero-order valence-electron chi connectivity index (χ0n) is 15.4. The first-order valence-corrected chi connectivity index (χ1v) is 12.6. The largest absolute Gasteiger partial charge is 0.505 e. The van der Waals surface area contributed by atoms with Gasteiger partial charge in [0.25, 0.3) is 0 Å². The van der Waals surface area contributed by atoms with Crippen LogP contribution in [0, 0.1) is 0 Å². The van der Waals surface area contributed by atoms with Gasteiger partial charge in [-0.15, -0.1) is 0 Å². The molecular formula is C20H14O6S4. The van der Waals surface area contributed by atoms with Crippen LogP contribution in [0.1, 0.15) is 38.5 Å². The summed E-state index contributed by atoms with van der Waals surface area (Å²) in [6, 6.07) is 0. The number of hydrogen-bond acceptors (Lipinski definition) is 10. The molecule has 0 saturated heterocycles. The molecule has 1 aromatic carbocycles. The number of aromatic hydroxyl groups is 2. The number of ketones is 4. The lowest BCUT2D eigenvalue weighted by Crippen LogP contribution is -2.19. The fraction of sp³-hybridized carbons (Fsp3) is 0.300. The second-order valence-electron chi connectivity index (χ2n) is 7.15. The third-order valence-electron chi connectivity index (χ3n) is 5.19. The lowest BCUT2D eigenvalue weighted by molar-refractivity contribution is -0.125. The molecular weight excluding hydrogens is 464 g/mol. The van der Waals surface area contributed by atoms with Crippen molar-refractivity contribution in [3.05, 3.63) is 19.6 Å². The van der Waals surface area contributed by atoms with Gasteiger partial charge in [0.05, 0.1) is 39.2 Å². The first-order chi connectivity index (χ1) is 14.4. The lowest BCUT2D eigenvalue weighted by atomic mass is 9.94. The van der Waals surface area contributed by atoms with Crippen molar-refractivity contribution in [1.82, 2.24) is 0 Å². The molecule has 154 valence electrons. The molecule has 10 heteroatoms. The number of carbonyl (C=O) groups excluding carboxylic acids is 4. The van der Waals surface area contributed by atoms with E-state index in [9.17, 15) is 29.4 Å². The van der Waals surface area contributed by atoms with Crippen molar-refractivity contribution < 1.29 is 29.4 Å². The smallest absolute Gasteiger partial charge is 0.168 e. The van der Waals surface area contributed by atoms with Crippen LogP contribution in [0.15, 0.2) is 39.2 Å². The highest BCUT2D eigenvalue weighted by Crippen LogP contribution is 2.68. The number of allylic oxidation sites excluding steroid dienone is 2. The van der Waals surface area contributed by atoms with E-state index in [1.807, 2.05) is 0 Å². The quantitative estimate of drug-likeness (QED) is 0.313. The van der Waals surface area contributed by atoms with Gasteiger partial charge < -0.3 is 10.2 Å². The van der Waals surface area contributed by atoms with E-state index in [2.05, 4.69) is 0 Å². The van der Waals surface area contributed by atoms with Crippen molar-refractivity contribution in [3.8, 4) is 11.5 Å². The molecule has 5 rings (SSSR count). The van der Waals surface area contributed by atoms with Gasteiger partial charge in [-0.2, -0.15) is 0 Å². The van der Waals surface area contributed by atoms with E-state index < -0.39 is 0 Å². The Labute approximate surface area is 188 Å². The van der Waals surface area contributed by atoms with Crippen molar-refractivity contribution in [3.63, 3.8) is 0 Å². The van der Waals surface area contributed by atoms with Crippen molar-refractivity contribution in [2.45, 2.75) is 58.1 Å². The summed E-state index contributed by atoms with van der Waals surface area (Å²) in [5.41, 5.74) is 0.320. The Kier molecular flexibility index (Phi) is 5.08. The predicted octanol–water partition coefficient (Wildman–Crippen LogP) is 4.56. The summed E-state index contributed by atoms with van der Waals surface area (Å²) < 4.78 is 0.973. The number of phenols is 2. The van der Waals surface area contributed by atoms with Crippen LogP contribution in [-0.4, -0.2) is 33.3 Å². The van der Waals surface area contributed by atoms with Crippen molar-refractivity contribution in [1.29, 1.82) is 0 Å². The van der Waals surface area contributed by atoms with E-state index in [4.69, 9.17) is 0 Å². The Morgan fingerprint density at radius 2 is 0.767 bits per heavy atom. The van der Waals surface area contributed by atoms with Gasteiger partial charge in [-0.25, -0.2) is 0 Å². The Balaban J connectivity index is 1.57. The van der Waals surface area contributed by atoms with E-state index in [0.29, 0.717) is 66.6 Å². The Bertz CT molecular complexity index is 980. The molecule has 1 aromatic rings. The highest BCUT2D eigenvalue weighted by Gasteiger charge is 2.40. The maximum absolute atomic E-state index is 12.3. The summed E-state index contributed by atoms with van der Waals surface area (Å²) in [4.78, 5) is 50.7. The summed E-state index contributed by atoms with van der Waals surface area (Å²) in [5, 5.41) is 21.8. The lowest BCUT2D eigenvalue weighted by Gasteiger charge is -2.13. The average molecular weight is 479 g/mol. The monoisotopic (exact) mass is 478 g/mol. The number of phenolic OH excluding ortho intramolecular Hbond substituents is 2. The molecule has 4 aliphatic rings. The molecule has 2 fully saturated rings. The zero-order valence-corrected chi connectivity index (χ0v) is 18.7. The van der Waals surface area contributed by atoms with Gasteiger partial charge in [0.1, 0.15) is 11.5 Å². The van der Waals surface area contributed by atoms with Gasteiger partial charge in [-0.1, -0.05) is 47.0 Å². The standard InChI is InChI=1S/C20H14O6S4/c21-7-3-1-4-8(22)11(7)19-27-15-13(25)17-18(14(26)16(15)28-19)30-20(29-17)12-9(23)5-2-6-10(12)24/h25-26H,1-6H2. The third kappa shape index (κ3) is 3.07. The molecule has 0 radical (unpaired) electrons. The molecule has 0 unspecified atom stereocenters. The number of Topliss-reactive ketones (excluding diaryl/α,β-unsaturated/α-hetero) is 4. The predicted molar refractivity (Wildman–Crippen MR) is 115 cm³/mol. The average Bonchev–Trinajstić information content (AvgIpc) is 3.32. The van der Waals surface area contributed by atoms with Crippen LogP contribution in [0.2, 0.25) is 0 Å². The Morgan fingerprint density at radius 1 is 0.500 bits per heavy atom. The summed E-state index contributed by atoms with van der Waals surface area (Å²) >= 11 is 4.45. The number of hydrogen-bond donors (Lipinski definition) is 2. The minimum Gasteiger partial charge on any atom is -0.505 e. The van der Waals surface area contributed by atoms with Crippen molar-refractivity contribution in [2.24, 2.45) is 0 Å². The zero-order chi connectivity index (χ0) is 21.2. The molecule has 6 nitrogen and oxygen atoms in total. The third-order valence-corrected chi connectivity index (χ3v) is 10.4. The van der Waals surface area contributed by atoms with Crippen LogP contribution in [-0.2, 0) is 19.2 Å². The van der Waals surface area contributed by atoms with Gasteiger partial charge in [-0.05, 0) is 12.8 Å². The van der Waals surface area contributed by atoms with Gasteiger partial charge in [-0.3, -0.25) is 19.2 Å². The molecule has 2 aliphatic carbocycles. The maximum Gasteiger partial charge on any atom is 0.168 e. The number of benzene rings is 1. The van der Waals surface area contributed by atoms with Gasteiger partial charge in [0, 0.05) is 25.7 Å². The summed E-state index contributed by atoms with van der Waals surface area (Å²) in [6.07, 6.45) is 2.37. The number of thioether (sulfide) groups is 4. The molecule has 2 heterocycles.